The molecular formula is C19H21N3O3S. The van der Waals surface area contributed by atoms with Gasteiger partial charge in [-0.25, -0.2) is 14.8 Å². The Hall–Kier alpha value is -2.67. The Labute approximate surface area is 155 Å². The number of benzene rings is 1. The van der Waals surface area contributed by atoms with Gasteiger partial charge in [-0.3, -0.25) is 0 Å². The van der Waals surface area contributed by atoms with Gasteiger partial charge in [-0.15, -0.1) is 11.3 Å². The van der Waals surface area contributed by atoms with Gasteiger partial charge in [0.05, 0.1) is 12.0 Å². The van der Waals surface area contributed by atoms with E-state index in [2.05, 4.69) is 15.3 Å². The Bertz CT molecular complexity index is 906. The minimum absolute atomic E-state index is 0.0786. The van der Waals surface area contributed by atoms with Crippen molar-refractivity contribution in [2.75, 3.05) is 11.9 Å². The van der Waals surface area contributed by atoms with Crippen molar-refractivity contribution in [3.05, 3.63) is 36.0 Å². The summed E-state index contributed by atoms with van der Waals surface area (Å²) in [5.41, 5.74) is 1.98. The van der Waals surface area contributed by atoms with Crippen LogP contribution in [0.2, 0.25) is 0 Å². The van der Waals surface area contributed by atoms with Crippen LogP contribution in [0, 0.1) is 5.92 Å². The fourth-order valence-electron chi connectivity index (χ4n) is 2.76. The first kappa shape index (κ1) is 18.1. The van der Waals surface area contributed by atoms with Crippen LogP contribution in [0.5, 0.6) is 5.75 Å². The van der Waals surface area contributed by atoms with Crippen molar-refractivity contribution in [3.63, 3.8) is 0 Å². The SMILES string of the molecule is CCOc1ccc(-c2csc3ncnc(NC(C(=O)O)C(C)C)c23)cc1. The largest absolute Gasteiger partial charge is 0.494 e. The van der Waals surface area contributed by atoms with Crippen LogP contribution in [0.1, 0.15) is 20.8 Å². The molecule has 26 heavy (non-hydrogen) atoms. The summed E-state index contributed by atoms with van der Waals surface area (Å²) in [5, 5.41) is 15.4. The molecule has 136 valence electrons. The number of nitrogens with zero attached hydrogens (tertiary/aromatic N) is 2. The molecule has 0 aliphatic heterocycles. The average molecular weight is 371 g/mol. The number of ether oxygens (including phenoxy) is 1. The van der Waals surface area contributed by atoms with Crippen molar-refractivity contribution in [3.8, 4) is 16.9 Å². The molecule has 0 bridgehead atoms. The second-order valence-corrected chi connectivity index (χ2v) is 7.07. The highest BCUT2D eigenvalue weighted by Gasteiger charge is 2.23. The summed E-state index contributed by atoms with van der Waals surface area (Å²) in [6.45, 7) is 6.30. The van der Waals surface area contributed by atoms with E-state index in [0.29, 0.717) is 12.4 Å². The molecule has 2 N–H and O–H groups in total. The fraction of sp³-hybridized carbons (Fsp3) is 0.316. The third kappa shape index (κ3) is 3.62. The molecule has 3 aromatic rings. The summed E-state index contributed by atoms with van der Waals surface area (Å²) >= 11 is 1.51. The standard InChI is InChI=1S/C19H21N3O3S/c1-4-25-13-7-5-12(6-8-13)14-9-26-18-15(14)17(20-10-21-18)22-16(11(2)3)19(23)24/h5-11,16H,4H2,1-3H3,(H,23,24)(H,20,21,22). The molecular weight excluding hydrogens is 350 g/mol. The normalized spacial score (nSPS) is 12.3. The molecule has 2 aromatic heterocycles. The monoisotopic (exact) mass is 371 g/mol. The average Bonchev–Trinajstić information content (AvgIpc) is 3.05. The van der Waals surface area contributed by atoms with Gasteiger partial charge in [0.25, 0.3) is 0 Å². The minimum Gasteiger partial charge on any atom is -0.494 e. The Morgan fingerprint density at radius 3 is 2.62 bits per heavy atom. The molecule has 0 spiro atoms. The van der Waals surface area contributed by atoms with Gasteiger partial charge in [-0.1, -0.05) is 26.0 Å². The molecule has 6 nitrogen and oxygen atoms in total. The molecule has 2 heterocycles. The van der Waals surface area contributed by atoms with E-state index in [-0.39, 0.29) is 5.92 Å². The highest BCUT2D eigenvalue weighted by Crippen LogP contribution is 2.37. The lowest BCUT2D eigenvalue weighted by Gasteiger charge is -2.19. The van der Waals surface area contributed by atoms with E-state index in [1.807, 2.05) is 50.4 Å². The number of carboxylic acids is 1. The molecule has 0 aliphatic carbocycles. The predicted octanol–water partition coefficient (Wildman–Crippen LogP) is 4.28. The number of fused-ring (bicyclic) bond motifs is 1. The van der Waals surface area contributed by atoms with Crippen LogP contribution >= 0.6 is 11.3 Å². The first-order valence-corrected chi connectivity index (χ1v) is 9.34. The van der Waals surface area contributed by atoms with E-state index in [0.717, 1.165) is 27.1 Å². The van der Waals surface area contributed by atoms with Gasteiger partial charge < -0.3 is 15.2 Å². The smallest absolute Gasteiger partial charge is 0.326 e. The van der Waals surface area contributed by atoms with Crippen molar-refractivity contribution in [2.45, 2.75) is 26.8 Å². The summed E-state index contributed by atoms with van der Waals surface area (Å²) in [4.78, 5) is 21.0. The highest BCUT2D eigenvalue weighted by atomic mass is 32.1. The number of anilines is 1. The van der Waals surface area contributed by atoms with Gasteiger partial charge in [-0.05, 0) is 30.5 Å². The molecule has 0 radical (unpaired) electrons. The molecule has 0 saturated heterocycles. The topological polar surface area (TPSA) is 84.3 Å². The van der Waals surface area contributed by atoms with Crippen LogP contribution < -0.4 is 10.1 Å². The van der Waals surface area contributed by atoms with E-state index < -0.39 is 12.0 Å². The van der Waals surface area contributed by atoms with E-state index in [1.54, 1.807) is 0 Å². The summed E-state index contributed by atoms with van der Waals surface area (Å²) in [6, 6.07) is 7.10. The fourth-order valence-corrected chi connectivity index (χ4v) is 3.67. The zero-order valence-corrected chi connectivity index (χ0v) is 15.7. The third-order valence-electron chi connectivity index (χ3n) is 4.07. The number of aliphatic carboxylic acids is 1. The first-order chi connectivity index (χ1) is 12.5. The number of rotatable bonds is 7. The van der Waals surface area contributed by atoms with Crippen LogP contribution in [0.4, 0.5) is 5.82 Å². The summed E-state index contributed by atoms with van der Waals surface area (Å²) < 4.78 is 5.50. The molecule has 1 unspecified atom stereocenters. The number of aromatic nitrogens is 2. The van der Waals surface area contributed by atoms with Crippen molar-refractivity contribution in [1.29, 1.82) is 0 Å². The number of carboxylic acid groups (broad SMARTS) is 1. The van der Waals surface area contributed by atoms with Gasteiger partial charge in [-0.2, -0.15) is 0 Å². The molecule has 7 heteroatoms. The lowest BCUT2D eigenvalue weighted by Crippen LogP contribution is -2.34. The van der Waals surface area contributed by atoms with Crippen molar-refractivity contribution in [1.82, 2.24) is 9.97 Å². The van der Waals surface area contributed by atoms with Gasteiger partial charge in [0.2, 0.25) is 0 Å². The van der Waals surface area contributed by atoms with Crippen LogP contribution in [-0.4, -0.2) is 33.7 Å². The Morgan fingerprint density at radius 2 is 2.00 bits per heavy atom. The zero-order chi connectivity index (χ0) is 18.7. The second-order valence-electron chi connectivity index (χ2n) is 6.21. The maximum absolute atomic E-state index is 11.6. The van der Waals surface area contributed by atoms with Crippen molar-refractivity contribution < 1.29 is 14.6 Å². The summed E-state index contributed by atoms with van der Waals surface area (Å²) in [5.74, 6) is 0.382. The molecule has 0 amide bonds. The number of hydrogen-bond acceptors (Lipinski definition) is 6. The molecule has 0 saturated carbocycles. The lowest BCUT2D eigenvalue weighted by atomic mass is 10.0. The minimum atomic E-state index is -0.899. The van der Waals surface area contributed by atoms with E-state index in [9.17, 15) is 9.90 Å². The van der Waals surface area contributed by atoms with Crippen LogP contribution in [-0.2, 0) is 4.79 Å². The Kier molecular flexibility index (Phi) is 5.37. The molecule has 3 rings (SSSR count). The Balaban J connectivity index is 2.04. The summed E-state index contributed by atoms with van der Waals surface area (Å²) in [6.07, 6.45) is 1.46. The molecule has 1 atom stereocenters. The Morgan fingerprint density at radius 1 is 1.27 bits per heavy atom. The number of thiophene rings is 1. The maximum Gasteiger partial charge on any atom is 0.326 e. The van der Waals surface area contributed by atoms with Crippen LogP contribution in [0.3, 0.4) is 0 Å². The second kappa shape index (κ2) is 7.70. The molecule has 1 aromatic carbocycles. The third-order valence-corrected chi connectivity index (χ3v) is 4.96. The van der Waals surface area contributed by atoms with Gasteiger partial charge >= 0.3 is 5.97 Å². The van der Waals surface area contributed by atoms with E-state index >= 15 is 0 Å². The first-order valence-electron chi connectivity index (χ1n) is 8.46. The van der Waals surface area contributed by atoms with E-state index in [4.69, 9.17) is 4.74 Å². The lowest BCUT2D eigenvalue weighted by molar-refractivity contribution is -0.138. The molecule has 0 aliphatic rings. The summed E-state index contributed by atoms with van der Waals surface area (Å²) in [7, 11) is 0. The van der Waals surface area contributed by atoms with Gasteiger partial charge in [0, 0.05) is 10.9 Å². The van der Waals surface area contributed by atoms with Gasteiger partial charge in [0.1, 0.15) is 28.8 Å². The number of nitrogens with one attached hydrogen (secondary N) is 1. The quantitative estimate of drug-likeness (QED) is 0.645. The predicted molar refractivity (Wildman–Crippen MR) is 104 cm³/mol. The zero-order valence-electron chi connectivity index (χ0n) is 14.9. The van der Waals surface area contributed by atoms with Crippen molar-refractivity contribution in [2.24, 2.45) is 5.92 Å². The molecule has 0 fully saturated rings. The van der Waals surface area contributed by atoms with E-state index in [1.165, 1.54) is 17.7 Å². The number of hydrogen-bond donors (Lipinski definition) is 2. The maximum atomic E-state index is 11.6. The highest BCUT2D eigenvalue weighted by molar-refractivity contribution is 7.17. The van der Waals surface area contributed by atoms with Crippen LogP contribution in [0.25, 0.3) is 21.3 Å². The number of carbonyl (C=O) groups is 1. The van der Waals surface area contributed by atoms with Crippen LogP contribution in [0.15, 0.2) is 36.0 Å². The van der Waals surface area contributed by atoms with Gasteiger partial charge in [0.15, 0.2) is 0 Å². The van der Waals surface area contributed by atoms with Crippen molar-refractivity contribution >= 4 is 33.3 Å².